The third-order valence-electron chi connectivity index (χ3n) is 6.90. The molecular weight excluding hydrogens is 356 g/mol. The summed E-state index contributed by atoms with van der Waals surface area (Å²) in [4.78, 5) is 25.5. The third-order valence-corrected chi connectivity index (χ3v) is 6.90. The molecule has 1 aromatic carbocycles. The standard InChI is InChI=1S/C23H30O5/c1-14-4-5-19(20(6-14)26-3)27-13-21(24)28-15(2)22(25)23-10-16-7-17(11-23)9-18(8-16)12-23/h4-6,15-18H,7-13H2,1-3H3/t15-,16?,17?,18?,23?/m0/s1. The van der Waals surface area contributed by atoms with Crippen LogP contribution in [0.4, 0.5) is 0 Å². The van der Waals surface area contributed by atoms with Gasteiger partial charge in [-0.2, -0.15) is 0 Å². The number of benzene rings is 1. The minimum Gasteiger partial charge on any atom is -0.493 e. The predicted molar refractivity (Wildman–Crippen MR) is 104 cm³/mol. The highest BCUT2D eigenvalue weighted by molar-refractivity contribution is 5.90. The Labute approximate surface area is 166 Å². The van der Waals surface area contributed by atoms with Gasteiger partial charge in [0.05, 0.1) is 7.11 Å². The molecule has 0 N–H and O–H groups in total. The van der Waals surface area contributed by atoms with Crippen LogP contribution in [0, 0.1) is 30.1 Å². The fourth-order valence-electron chi connectivity index (χ4n) is 6.16. The number of esters is 1. The molecule has 0 spiro atoms. The molecule has 0 unspecified atom stereocenters. The van der Waals surface area contributed by atoms with Crippen molar-refractivity contribution in [3.8, 4) is 11.5 Å². The number of hydrogen-bond donors (Lipinski definition) is 0. The zero-order valence-electron chi connectivity index (χ0n) is 17.0. The summed E-state index contributed by atoms with van der Waals surface area (Å²) >= 11 is 0. The van der Waals surface area contributed by atoms with Crippen molar-refractivity contribution in [3.63, 3.8) is 0 Å². The lowest BCUT2D eigenvalue weighted by atomic mass is 9.48. The van der Waals surface area contributed by atoms with E-state index in [1.54, 1.807) is 20.1 Å². The van der Waals surface area contributed by atoms with Crippen molar-refractivity contribution >= 4 is 11.8 Å². The molecule has 5 rings (SSSR count). The van der Waals surface area contributed by atoms with Crippen LogP contribution in [0.3, 0.4) is 0 Å². The molecule has 0 radical (unpaired) electrons. The van der Waals surface area contributed by atoms with E-state index in [0.717, 1.165) is 24.8 Å². The van der Waals surface area contributed by atoms with Gasteiger partial charge in [0.1, 0.15) is 0 Å². The number of aryl methyl sites for hydroxylation is 1. The van der Waals surface area contributed by atoms with Crippen LogP contribution >= 0.6 is 0 Å². The highest BCUT2D eigenvalue weighted by atomic mass is 16.6. The van der Waals surface area contributed by atoms with Crippen molar-refractivity contribution in [2.45, 2.75) is 58.5 Å². The second kappa shape index (κ2) is 7.41. The second-order valence-corrected chi connectivity index (χ2v) is 9.14. The van der Waals surface area contributed by atoms with Gasteiger partial charge in [-0.15, -0.1) is 0 Å². The Morgan fingerprint density at radius 1 is 1.07 bits per heavy atom. The molecule has 4 saturated carbocycles. The Morgan fingerprint density at radius 3 is 2.25 bits per heavy atom. The largest absolute Gasteiger partial charge is 0.493 e. The maximum Gasteiger partial charge on any atom is 0.344 e. The van der Waals surface area contributed by atoms with E-state index >= 15 is 0 Å². The number of methoxy groups -OCH3 is 1. The number of hydrogen-bond acceptors (Lipinski definition) is 5. The van der Waals surface area contributed by atoms with Crippen molar-refractivity contribution in [2.24, 2.45) is 23.2 Å². The van der Waals surface area contributed by atoms with Crippen LogP contribution in [-0.4, -0.2) is 31.6 Å². The van der Waals surface area contributed by atoms with Gasteiger partial charge in [-0.3, -0.25) is 4.79 Å². The number of rotatable bonds is 7. The van der Waals surface area contributed by atoms with Gasteiger partial charge in [-0.25, -0.2) is 4.79 Å². The topological polar surface area (TPSA) is 61.8 Å². The molecular formula is C23H30O5. The molecule has 0 aliphatic heterocycles. The molecule has 0 amide bonds. The molecule has 5 heteroatoms. The van der Waals surface area contributed by atoms with E-state index < -0.39 is 12.1 Å². The fraction of sp³-hybridized carbons (Fsp3) is 0.652. The van der Waals surface area contributed by atoms with E-state index in [-0.39, 0.29) is 17.8 Å². The second-order valence-electron chi connectivity index (χ2n) is 9.14. The number of ketones is 1. The number of carbonyl (C=O) groups is 2. The molecule has 4 aliphatic carbocycles. The van der Waals surface area contributed by atoms with E-state index in [1.807, 2.05) is 19.1 Å². The minimum atomic E-state index is -0.715. The molecule has 4 aliphatic rings. The van der Waals surface area contributed by atoms with Crippen molar-refractivity contribution in [2.75, 3.05) is 13.7 Å². The predicted octanol–water partition coefficient (Wildman–Crippen LogP) is 4.10. The van der Waals surface area contributed by atoms with Gasteiger partial charge >= 0.3 is 5.97 Å². The number of ether oxygens (including phenoxy) is 3. The minimum absolute atomic E-state index is 0.118. The van der Waals surface area contributed by atoms with Crippen LogP contribution in [0.2, 0.25) is 0 Å². The van der Waals surface area contributed by atoms with Crippen LogP contribution in [0.5, 0.6) is 11.5 Å². The molecule has 0 saturated heterocycles. The lowest BCUT2D eigenvalue weighted by Gasteiger charge is -2.56. The molecule has 1 aromatic rings. The molecule has 5 nitrogen and oxygen atoms in total. The van der Waals surface area contributed by atoms with Gasteiger partial charge in [0.25, 0.3) is 0 Å². The summed E-state index contributed by atoms with van der Waals surface area (Å²) in [5, 5.41) is 0. The normalized spacial score (nSPS) is 31.3. The highest BCUT2D eigenvalue weighted by Crippen LogP contribution is 2.60. The average molecular weight is 386 g/mol. The van der Waals surface area contributed by atoms with Crippen LogP contribution in [0.25, 0.3) is 0 Å². The summed E-state index contributed by atoms with van der Waals surface area (Å²) in [5.41, 5.74) is 0.789. The molecule has 0 heterocycles. The van der Waals surface area contributed by atoms with Crippen LogP contribution in [0.1, 0.15) is 51.0 Å². The molecule has 152 valence electrons. The first-order chi connectivity index (χ1) is 13.4. The van der Waals surface area contributed by atoms with Gasteiger partial charge in [0.15, 0.2) is 30.0 Å². The number of Topliss-reactive ketones (excluding diaryl/α,β-unsaturated/α-hetero) is 1. The smallest absolute Gasteiger partial charge is 0.344 e. The SMILES string of the molecule is COc1cc(C)ccc1OCC(=O)O[C@@H](C)C(=O)C12CC3CC(CC(C3)C1)C2. The van der Waals surface area contributed by atoms with Crippen molar-refractivity contribution in [3.05, 3.63) is 23.8 Å². The van der Waals surface area contributed by atoms with Crippen LogP contribution in [-0.2, 0) is 14.3 Å². The average Bonchev–Trinajstić information content (AvgIpc) is 2.65. The van der Waals surface area contributed by atoms with Crippen LogP contribution in [0.15, 0.2) is 18.2 Å². The first-order valence-corrected chi connectivity index (χ1v) is 10.4. The zero-order valence-corrected chi connectivity index (χ0v) is 17.0. The Morgan fingerprint density at radius 2 is 1.68 bits per heavy atom. The van der Waals surface area contributed by atoms with Gasteiger partial charge in [0, 0.05) is 5.41 Å². The van der Waals surface area contributed by atoms with E-state index in [1.165, 1.54) is 19.3 Å². The first kappa shape index (κ1) is 19.3. The number of carbonyl (C=O) groups excluding carboxylic acids is 2. The maximum absolute atomic E-state index is 13.2. The summed E-state index contributed by atoms with van der Waals surface area (Å²) in [6, 6.07) is 5.51. The first-order valence-electron chi connectivity index (χ1n) is 10.4. The monoisotopic (exact) mass is 386 g/mol. The maximum atomic E-state index is 13.2. The Balaban J connectivity index is 1.34. The zero-order chi connectivity index (χ0) is 19.9. The quantitative estimate of drug-likeness (QED) is 0.660. The Hall–Kier alpha value is -2.04. The lowest BCUT2D eigenvalue weighted by Crippen LogP contribution is -2.52. The summed E-state index contributed by atoms with van der Waals surface area (Å²) < 4.78 is 16.3. The summed E-state index contributed by atoms with van der Waals surface area (Å²) in [6.45, 7) is 3.43. The van der Waals surface area contributed by atoms with Crippen LogP contribution < -0.4 is 9.47 Å². The van der Waals surface area contributed by atoms with E-state index in [4.69, 9.17) is 14.2 Å². The summed E-state index contributed by atoms with van der Waals surface area (Å²) in [7, 11) is 1.56. The van der Waals surface area contributed by atoms with E-state index in [0.29, 0.717) is 29.3 Å². The van der Waals surface area contributed by atoms with Gasteiger partial charge < -0.3 is 14.2 Å². The van der Waals surface area contributed by atoms with Gasteiger partial charge in [-0.05, 0) is 87.8 Å². The van der Waals surface area contributed by atoms with E-state index in [2.05, 4.69) is 0 Å². The van der Waals surface area contributed by atoms with Gasteiger partial charge in [-0.1, -0.05) is 6.07 Å². The molecule has 28 heavy (non-hydrogen) atoms. The highest BCUT2D eigenvalue weighted by Gasteiger charge is 2.55. The Bertz CT molecular complexity index is 733. The van der Waals surface area contributed by atoms with Gasteiger partial charge in [0.2, 0.25) is 0 Å². The lowest BCUT2D eigenvalue weighted by molar-refractivity contribution is -0.166. The van der Waals surface area contributed by atoms with Crippen molar-refractivity contribution in [1.82, 2.24) is 0 Å². The summed E-state index contributed by atoms with van der Waals surface area (Å²) in [6.07, 6.45) is 6.09. The summed E-state index contributed by atoms with van der Waals surface area (Å²) in [5.74, 6) is 2.73. The molecule has 1 atom stereocenters. The third kappa shape index (κ3) is 3.63. The fourth-order valence-corrected chi connectivity index (χ4v) is 6.16. The van der Waals surface area contributed by atoms with Crippen molar-refractivity contribution < 1.29 is 23.8 Å². The molecule has 4 bridgehead atoms. The molecule has 0 aromatic heterocycles. The Kier molecular flexibility index (Phi) is 5.11. The van der Waals surface area contributed by atoms with Crippen molar-refractivity contribution in [1.29, 1.82) is 0 Å². The molecule has 4 fully saturated rings. The van der Waals surface area contributed by atoms with E-state index in [9.17, 15) is 9.59 Å².